The zero-order chi connectivity index (χ0) is 23.2. The van der Waals surface area contributed by atoms with E-state index < -0.39 is 0 Å². The molecule has 0 N–H and O–H groups in total. The van der Waals surface area contributed by atoms with Crippen LogP contribution in [0.4, 0.5) is 4.39 Å². The largest absolute Gasteiger partial charge is 0.497 e. The van der Waals surface area contributed by atoms with Crippen molar-refractivity contribution in [3.63, 3.8) is 0 Å². The number of hydrogen-bond acceptors (Lipinski definition) is 5. The van der Waals surface area contributed by atoms with Crippen molar-refractivity contribution in [3.8, 4) is 11.5 Å². The Morgan fingerprint density at radius 3 is 2.45 bits per heavy atom. The molecule has 4 rings (SSSR count). The van der Waals surface area contributed by atoms with Gasteiger partial charge in [-0.25, -0.2) is 4.39 Å². The number of ether oxygens (including phenoxy) is 2. The van der Waals surface area contributed by atoms with Gasteiger partial charge in [0.15, 0.2) is 6.10 Å². The number of carbonyl (C=O) groups excluding carboxylic acids is 1. The van der Waals surface area contributed by atoms with E-state index in [0.29, 0.717) is 30.8 Å². The molecule has 0 saturated heterocycles. The Kier molecular flexibility index (Phi) is 6.88. The van der Waals surface area contributed by atoms with Crippen LogP contribution in [0.15, 0.2) is 78.0 Å². The van der Waals surface area contributed by atoms with Crippen LogP contribution in [-0.2, 0) is 11.4 Å². The summed E-state index contributed by atoms with van der Waals surface area (Å²) in [6.45, 7) is 0.682. The van der Waals surface area contributed by atoms with Crippen LogP contribution in [0.5, 0.6) is 11.5 Å². The summed E-state index contributed by atoms with van der Waals surface area (Å²) in [4.78, 5) is 20.7. The van der Waals surface area contributed by atoms with E-state index >= 15 is 0 Å². The van der Waals surface area contributed by atoms with Gasteiger partial charge in [-0.2, -0.15) is 0 Å². The molecule has 1 atom stereocenters. The number of oxime groups is 1. The number of carbonyl (C=O) groups is 1. The average Bonchev–Trinajstić information content (AvgIpc) is 3.32. The maximum absolute atomic E-state index is 13.4. The lowest BCUT2D eigenvalue weighted by Gasteiger charge is -2.25. The van der Waals surface area contributed by atoms with Gasteiger partial charge in [-0.05, 0) is 71.8 Å². The van der Waals surface area contributed by atoms with Crippen LogP contribution < -0.4 is 9.47 Å². The molecule has 0 fully saturated rings. The maximum Gasteiger partial charge on any atom is 0.254 e. The van der Waals surface area contributed by atoms with Crippen molar-refractivity contribution in [2.75, 3.05) is 20.8 Å². The third-order valence-electron chi connectivity index (χ3n) is 5.47. The Labute approximate surface area is 192 Å². The lowest BCUT2D eigenvalue weighted by atomic mass is 10.0. The molecule has 33 heavy (non-hydrogen) atoms. The highest BCUT2D eigenvalue weighted by atomic mass is 19.1. The monoisotopic (exact) mass is 448 g/mol. The van der Waals surface area contributed by atoms with Gasteiger partial charge in [0.1, 0.15) is 17.3 Å². The molecular weight excluding hydrogens is 423 g/mol. The number of methoxy groups -OCH3 is 2. The third-order valence-corrected chi connectivity index (χ3v) is 5.47. The minimum Gasteiger partial charge on any atom is -0.497 e. The summed E-state index contributed by atoms with van der Waals surface area (Å²) in [6, 6.07) is 20.7. The highest BCUT2D eigenvalue weighted by Crippen LogP contribution is 2.22. The highest BCUT2D eigenvalue weighted by molar-refractivity contribution is 6.01. The van der Waals surface area contributed by atoms with Gasteiger partial charge in [-0.1, -0.05) is 17.3 Å². The molecule has 0 bridgehead atoms. The predicted octanol–water partition coefficient (Wildman–Crippen LogP) is 4.68. The fourth-order valence-corrected chi connectivity index (χ4v) is 3.71. The molecular formula is C26H25FN2O4. The molecule has 0 radical (unpaired) electrons. The van der Waals surface area contributed by atoms with Gasteiger partial charge in [-0.3, -0.25) is 4.79 Å². The van der Waals surface area contributed by atoms with E-state index in [4.69, 9.17) is 14.3 Å². The summed E-state index contributed by atoms with van der Waals surface area (Å²) in [5, 5.41) is 4.24. The minimum atomic E-state index is -0.387. The summed E-state index contributed by atoms with van der Waals surface area (Å²) in [6.07, 6.45) is 0.273. The second-order valence-electron chi connectivity index (χ2n) is 7.74. The van der Waals surface area contributed by atoms with Crippen LogP contribution in [0.1, 0.15) is 27.9 Å². The molecule has 0 spiro atoms. The molecule has 1 aliphatic rings. The molecule has 3 aromatic rings. The second-order valence-corrected chi connectivity index (χ2v) is 7.74. The standard InChI is InChI=1S/C26H25FN2O4/c1-31-22-12-8-19(9-13-22)25-15-24(33-28-25)17-29(16-18-4-3-5-23(14-18)32-2)26(30)20-6-10-21(27)11-7-20/h3-14,24H,15-17H2,1-2H3/t24-/m1/s1. The number of benzene rings is 3. The van der Waals surface area contributed by atoms with E-state index in [0.717, 1.165) is 22.6 Å². The lowest BCUT2D eigenvalue weighted by Crippen LogP contribution is -2.37. The average molecular weight is 448 g/mol. The number of amides is 1. The molecule has 7 heteroatoms. The van der Waals surface area contributed by atoms with Crippen LogP contribution in [0.3, 0.4) is 0 Å². The number of nitrogens with zero attached hydrogens (tertiary/aromatic N) is 2. The molecule has 1 aliphatic heterocycles. The highest BCUT2D eigenvalue weighted by Gasteiger charge is 2.27. The number of rotatable bonds is 8. The normalized spacial score (nSPS) is 14.9. The second kappa shape index (κ2) is 10.2. The van der Waals surface area contributed by atoms with E-state index in [-0.39, 0.29) is 17.8 Å². The van der Waals surface area contributed by atoms with E-state index in [1.165, 1.54) is 24.3 Å². The van der Waals surface area contributed by atoms with Crippen LogP contribution in [-0.4, -0.2) is 43.4 Å². The molecule has 3 aromatic carbocycles. The first kappa shape index (κ1) is 22.3. The van der Waals surface area contributed by atoms with Crippen molar-refractivity contribution in [2.24, 2.45) is 5.16 Å². The predicted molar refractivity (Wildman–Crippen MR) is 123 cm³/mol. The Morgan fingerprint density at radius 1 is 1.03 bits per heavy atom. The summed E-state index contributed by atoms with van der Waals surface area (Å²) < 4.78 is 23.9. The first-order valence-electron chi connectivity index (χ1n) is 10.6. The molecule has 0 saturated carbocycles. The molecule has 1 heterocycles. The van der Waals surface area contributed by atoms with E-state index in [9.17, 15) is 9.18 Å². The van der Waals surface area contributed by atoms with Gasteiger partial charge in [0.2, 0.25) is 0 Å². The van der Waals surface area contributed by atoms with E-state index in [2.05, 4.69) is 5.16 Å². The van der Waals surface area contributed by atoms with Crippen molar-refractivity contribution in [3.05, 3.63) is 95.3 Å². The smallest absolute Gasteiger partial charge is 0.254 e. The Morgan fingerprint density at radius 2 is 1.76 bits per heavy atom. The van der Waals surface area contributed by atoms with Gasteiger partial charge >= 0.3 is 0 Å². The zero-order valence-electron chi connectivity index (χ0n) is 18.5. The van der Waals surface area contributed by atoms with Crippen LogP contribution in [0, 0.1) is 5.82 Å². The molecule has 0 aromatic heterocycles. The SMILES string of the molecule is COc1ccc(C2=NO[C@@H](CN(Cc3cccc(OC)c3)C(=O)c3ccc(F)cc3)C2)cc1. The fraction of sp³-hybridized carbons (Fsp3) is 0.231. The minimum absolute atomic E-state index is 0.209. The first-order valence-corrected chi connectivity index (χ1v) is 10.6. The summed E-state index contributed by atoms with van der Waals surface area (Å²) in [5.41, 5.74) is 3.09. The first-order chi connectivity index (χ1) is 16.1. The van der Waals surface area contributed by atoms with Crippen molar-refractivity contribution in [1.82, 2.24) is 4.90 Å². The van der Waals surface area contributed by atoms with Crippen LogP contribution in [0.2, 0.25) is 0 Å². The van der Waals surface area contributed by atoms with Gasteiger partial charge in [0.05, 0.1) is 26.5 Å². The third kappa shape index (κ3) is 5.49. The Balaban J connectivity index is 1.50. The van der Waals surface area contributed by atoms with Crippen molar-refractivity contribution >= 4 is 11.6 Å². The summed E-state index contributed by atoms with van der Waals surface area (Å²) >= 11 is 0. The topological polar surface area (TPSA) is 60.4 Å². The number of halogens is 1. The zero-order valence-corrected chi connectivity index (χ0v) is 18.5. The van der Waals surface area contributed by atoms with E-state index in [1.54, 1.807) is 19.1 Å². The van der Waals surface area contributed by atoms with Crippen molar-refractivity contribution < 1.29 is 23.5 Å². The van der Waals surface area contributed by atoms with Crippen molar-refractivity contribution in [2.45, 2.75) is 19.1 Å². The van der Waals surface area contributed by atoms with E-state index in [1.807, 2.05) is 48.5 Å². The maximum atomic E-state index is 13.4. The van der Waals surface area contributed by atoms with Gasteiger partial charge < -0.3 is 19.2 Å². The lowest BCUT2D eigenvalue weighted by molar-refractivity contribution is 0.0405. The molecule has 1 amide bonds. The van der Waals surface area contributed by atoms with Gasteiger partial charge in [0.25, 0.3) is 5.91 Å². The van der Waals surface area contributed by atoms with Crippen LogP contribution >= 0.6 is 0 Å². The molecule has 170 valence electrons. The quantitative estimate of drug-likeness (QED) is 0.502. The number of hydrogen-bond donors (Lipinski definition) is 0. The summed E-state index contributed by atoms with van der Waals surface area (Å²) in [7, 11) is 3.22. The molecule has 6 nitrogen and oxygen atoms in total. The van der Waals surface area contributed by atoms with Crippen molar-refractivity contribution in [1.29, 1.82) is 0 Å². The Bertz CT molecular complexity index is 1130. The van der Waals surface area contributed by atoms with Crippen LogP contribution in [0.25, 0.3) is 0 Å². The van der Waals surface area contributed by atoms with Gasteiger partial charge in [0, 0.05) is 18.5 Å². The molecule has 0 unspecified atom stereocenters. The molecule has 0 aliphatic carbocycles. The fourth-order valence-electron chi connectivity index (χ4n) is 3.71. The summed E-state index contributed by atoms with van der Waals surface area (Å²) in [5.74, 6) is 0.884. The Hall–Kier alpha value is -3.87. The van der Waals surface area contributed by atoms with Gasteiger partial charge in [-0.15, -0.1) is 0 Å².